The maximum absolute atomic E-state index is 13.5. The number of nitrogens with zero attached hydrogens (tertiary/aromatic N) is 2. The molecule has 1 atom stereocenters. The van der Waals surface area contributed by atoms with E-state index in [0.717, 1.165) is 37.7 Å². The third-order valence-electron chi connectivity index (χ3n) is 6.01. The van der Waals surface area contributed by atoms with E-state index < -0.39 is 6.04 Å². The molecule has 6 heteroatoms. The van der Waals surface area contributed by atoms with Gasteiger partial charge in [-0.15, -0.1) is 0 Å². The second-order valence-electron chi connectivity index (χ2n) is 8.14. The molecule has 1 aliphatic carbocycles. The molecular formula is C24H25ClN2O3. The highest BCUT2D eigenvalue weighted by Crippen LogP contribution is 2.32. The molecule has 2 fully saturated rings. The number of carbonyl (C=O) groups is 3. The van der Waals surface area contributed by atoms with Crippen LogP contribution in [0.5, 0.6) is 0 Å². The Kier molecular flexibility index (Phi) is 5.91. The second-order valence-corrected chi connectivity index (χ2v) is 8.57. The molecule has 4 rings (SSSR count). The molecule has 0 aromatic heterocycles. The highest BCUT2D eigenvalue weighted by molar-refractivity contribution is 6.31. The maximum Gasteiger partial charge on any atom is 0.257 e. The van der Waals surface area contributed by atoms with Crippen molar-refractivity contribution in [2.75, 3.05) is 4.90 Å². The van der Waals surface area contributed by atoms with Crippen LogP contribution in [0.3, 0.4) is 0 Å². The van der Waals surface area contributed by atoms with E-state index in [2.05, 4.69) is 0 Å². The maximum atomic E-state index is 13.5. The standard InChI is InChI=1S/C24H25ClN2O3/c1-16-6-5-7-17(14-16)23(29)26(19-8-3-2-4-9-19)21-15-22(28)27(24(21)30)20-12-10-18(25)11-13-20/h5-7,10-14,19,21H,2-4,8-9,15H2,1H3. The lowest BCUT2D eigenvalue weighted by molar-refractivity contribution is -0.123. The number of rotatable bonds is 4. The molecule has 1 saturated carbocycles. The summed E-state index contributed by atoms with van der Waals surface area (Å²) in [7, 11) is 0. The molecule has 2 aliphatic rings. The SMILES string of the molecule is Cc1cccc(C(=O)N(C2CCCCC2)C2CC(=O)N(c3ccc(Cl)cc3)C2=O)c1. The van der Waals surface area contributed by atoms with Crippen molar-refractivity contribution in [2.45, 2.75) is 57.5 Å². The lowest BCUT2D eigenvalue weighted by atomic mass is 9.92. The van der Waals surface area contributed by atoms with Gasteiger partial charge in [-0.2, -0.15) is 0 Å². The van der Waals surface area contributed by atoms with Crippen LogP contribution < -0.4 is 4.90 Å². The Labute approximate surface area is 181 Å². The van der Waals surface area contributed by atoms with Crippen molar-refractivity contribution in [3.63, 3.8) is 0 Å². The second kappa shape index (κ2) is 8.60. The Morgan fingerprint density at radius 1 is 1.03 bits per heavy atom. The summed E-state index contributed by atoms with van der Waals surface area (Å²) in [5.74, 6) is -0.797. The Balaban J connectivity index is 1.68. The number of carbonyl (C=O) groups excluding carboxylic acids is 3. The summed E-state index contributed by atoms with van der Waals surface area (Å²) in [5, 5.41) is 0.535. The molecule has 3 amide bonds. The summed E-state index contributed by atoms with van der Waals surface area (Å²) in [6.07, 6.45) is 4.91. The van der Waals surface area contributed by atoms with Crippen molar-refractivity contribution in [3.8, 4) is 0 Å². The predicted octanol–water partition coefficient (Wildman–Crippen LogP) is 4.76. The number of imide groups is 1. The minimum absolute atomic E-state index is 0.00944. The van der Waals surface area contributed by atoms with Crippen molar-refractivity contribution in [1.29, 1.82) is 0 Å². The Morgan fingerprint density at radius 3 is 2.40 bits per heavy atom. The predicted molar refractivity (Wildman–Crippen MR) is 117 cm³/mol. The minimum atomic E-state index is -0.774. The van der Waals surface area contributed by atoms with Crippen molar-refractivity contribution < 1.29 is 14.4 Å². The quantitative estimate of drug-likeness (QED) is 0.665. The van der Waals surface area contributed by atoms with Crippen LogP contribution in [0.2, 0.25) is 5.02 Å². The van der Waals surface area contributed by atoms with E-state index in [9.17, 15) is 14.4 Å². The van der Waals surface area contributed by atoms with Crippen molar-refractivity contribution in [1.82, 2.24) is 4.90 Å². The van der Waals surface area contributed by atoms with E-state index >= 15 is 0 Å². The number of aryl methyl sites for hydroxylation is 1. The first kappa shape index (κ1) is 20.6. The lowest BCUT2D eigenvalue weighted by Crippen LogP contribution is -2.51. The van der Waals surface area contributed by atoms with E-state index in [0.29, 0.717) is 16.3 Å². The van der Waals surface area contributed by atoms with Crippen molar-refractivity contribution >= 4 is 35.0 Å². The third-order valence-corrected chi connectivity index (χ3v) is 6.26. The highest BCUT2D eigenvalue weighted by atomic mass is 35.5. The Hall–Kier alpha value is -2.66. The molecule has 30 heavy (non-hydrogen) atoms. The van der Waals surface area contributed by atoms with Crippen LogP contribution in [0.1, 0.15) is 54.4 Å². The van der Waals surface area contributed by atoms with Crippen LogP contribution in [-0.4, -0.2) is 34.7 Å². The fourth-order valence-corrected chi connectivity index (χ4v) is 4.67. The fourth-order valence-electron chi connectivity index (χ4n) is 4.54. The third kappa shape index (κ3) is 3.99. The summed E-state index contributed by atoms with van der Waals surface area (Å²) < 4.78 is 0. The first-order chi connectivity index (χ1) is 14.5. The molecule has 1 aliphatic heterocycles. The van der Waals surface area contributed by atoms with Gasteiger partial charge in [0.15, 0.2) is 0 Å². The van der Waals surface area contributed by atoms with Gasteiger partial charge >= 0.3 is 0 Å². The number of benzene rings is 2. The van der Waals surface area contributed by atoms with Crippen LogP contribution in [-0.2, 0) is 9.59 Å². The molecule has 0 N–H and O–H groups in total. The number of amides is 3. The molecule has 0 spiro atoms. The molecule has 2 aromatic carbocycles. The molecular weight excluding hydrogens is 400 g/mol. The first-order valence-electron chi connectivity index (χ1n) is 10.5. The molecule has 0 radical (unpaired) electrons. The van der Waals surface area contributed by atoms with Gasteiger partial charge < -0.3 is 4.90 Å². The Bertz CT molecular complexity index is 967. The monoisotopic (exact) mass is 424 g/mol. The smallest absolute Gasteiger partial charge is 0.257 e. The van der Waals surface area contributed by atoms with E-state index in [1.807, 2.05) is 25.1 Å². The number of anilines is 1. The molecule has 1 unspecified atom stereocenters. The lowest BCUT2D eigenvalue weighted by Gasteiger charge is -2.37. The van der Waals surface area contributed by atoms with Gasteiger partial charge in [-0.25, -0.2) is 4.90 Å². The van der Waals surface area contributed by atoms with Gasteiger partial charge in [-0.05, 0) is 56.2 Å². The van der Waals surface area contributed by atoms with Crippen LogP contribution in [0.4, 0.5) is 5.69 Å². The van der Waals surface area contributed by atoms with Crippen LogP contribution >= 0.6 is 11.6 Å². The molecule has 1 saturated heterocycles. The molecule has 5 nitrogen and oxygen atoms in total. The minimum Gasteiger partial charge on any atom is -0.323 e. The fraction of sp³-hybridized carbons (Fsp3) is 0.375. The van der Waals surface area contributed by atoms with Gasteiger partial charge in [0, 0.05) is 16.6 Å². The van der Waals surface area contributed by atoms with E-state index in [1.165, 1.54) is 4.90 Å². The van der Waals surface area contributed by atoms with Crippen LogP contribution in [0.15, 0.2) is 48.5 Å². The summed E-state index contributed by atoms with van der Waals surface area (Å²) in [6, 6.07) is 13.2. The van der Waals surface area contributed by atoms with E-state index in [-0.39, 0.29) is 30.2 Å². The van der Waals surface area contributed by atoms with Crippen molar-refractivity contribution in [2.24, 2.45) is 0 Å². The zero-order chi connectivity index (χ0) is 21.3. The van der Waals surface area contributed by atoms with Gasteiger partial charge in [-0.1, -0.05) is 48.6 Å². The van der Waals surface area contributed by atoms with Gasteiger partial charge in [-0.3, -0.25) is 14.4 Å². The van der Waals surface area contributed by atoms with Crippen LogP contribution in [0, 0.1) is 6.92 Å². The number of hydrogen-bond acceptors (Lipinski definition) is 3. The topological polar surface area (TPSA) is 57.7 Å². The molecule has 156 valence electrons. The van der Waals surface area contributed by atoms with Crippen molar-refractivity contribution in [3.05, 3.63) is 64.7 Å². The van der Waals surface area contributed by atoms with Gasteiger partial charge in [0.05, 0.1) is 12.1 Å². The van der Waals surface area contributed by atoms with Gasteiger partial charge in [0.25, 0.3) is 11.8 Å². The largest absolute Gasteiger partial charge is 0.323 e. The zero-order valence-electron chi connectivity index (χ0n) is 17.0. The summed E-state index contributed by atoms with van der Waals surface area (Å²) in [6.45, 7) is 1.94. The van der Waals surface area contributed by atoms with Gasteiger partial charge in [0.2, 0.25) is 5.91 Å². The number of halogens is 1. The summed E-state index contributed by atoms with van der Waals surface area (Å²) >= 11 is 5.95. The molecule has 0 bridgehead atoms. The Morgan fingerprint density at radius 2 is 1.73 bits per heavy atom. The van der Waals surface area contributed by atoms with E-state index in [1.54, 1.807) is 35.2 Å². The first-order valence-corrected chi connectivity index (χ1v) is 10.8. The molecule has 2 aromatic rings. The van der Waals surface area contributed by atoms with Crippen LogP contribution in [0.25, 0.3) is 0 Å². The number of hydrogen-bond donors (Lipinski definition) is 0. The zero-order valence-corrected chi connectivity index (χ0v) is 17.8. The normalized spacial score (nSPS) is 19.9. The average Bonchev–Trinajstić information content (AvgIpc) is 3.03. The summed E-state index contributed by atoms with van der Waals surface area (Å²) in [4.78, 5) is 42.6. The summed E-state index contributed by atoms with van der Waals surface area (Å²) in [5.41, 5.74) is 2.04. The molecule has 1 heterocycles. The average molecular weight is 425 g/mol. The van der Waals surface area contributed by atoms with Gasteiger partial charge in [0.1, 0.15) is 6.04 Å². The van der Waals surface area contributed by atoms with E-state index in [4.69, 9.17) is 11.6 Å². The highest BCUT2D eigenvalue weighted by Gasteiger charge is 2.46.